The molecule has 8 rings (SSSR count). The highest BCUT2D eigenvalue weighted by Gasteiger charge is 2.84. The SMILES string of the molecule is CN(C)C1CC23CCC4(O2)C(=CCC2(C)C(c5cccc6cnccc56)=CCC24)C2CC23C(O)C1O. The quantitative estimate of drug-likeness (QED) is 0.621. The molecule has 0 radical (unpaired) electrons. The minimum Gasteiger partial charge on any atom is -0.390 e. The molecule has 2 N–H and O–H groups in total. The van der Waals surface area contributed by atoms with E-state index in [-0.39, 0.29) is 28.1 Å². The van der Waals surface area contributed by atoms with Crippen molar-refractivity contribution in [2.45, 2.75) is 74.9 Å². The molecule has 3 spiro atoms. The first-order chi connectivity index (χ1) is 17.3. The highest BCUT2D eigenvalue weighted by Crippen LogP contribution is 2.81. The van der Waals surface area contributed by atoms with Crippen molar-refractivity contribution in [2.24, 2.45) is 22.7 Å². The smallest absolute Gasteiger partial charge is 0.0961 e. The average molecular weight is 485 g/mol. The van der Waals surface area contributed by atoms with E-state index < -0.39 is 12.2 Å². The zero-order valence-electron chi connectivity index (χ0n) is 21.4. The van der Waals surface area contributed by atoms with Crippen LogP contribution in [0, 0.1) is 22.7 Å². The second kappa shape index (κ2) is 6.68. The summed E-state index contributed by atoms with van der Waals surface area (Å²) in [6.07, 6.45) is 13.2. The lowest BCUT2D eigenvalue weighted by molar-refractivity contribution is -0.248. The number of aromatic nitrogens is 1. The van der Waals surface area contributed by atoms with Gasteiger partial charge in [0, 0.05) is 40.6 Å². The minimum atomic E-state index is -0.726. The zero-order chi connectivity index (χ0) is 24.7. The van der Waals surface area contributed by atoms with Gasteiger partial charge >= 0.3 is 0 Å². The molecule has 2 saturated heterocycles. The van der Waals surface area contributed by atoms with Gasteiger partial charge in [0.05, 0.1) is 23.4 Å². The summed E-state index contributed by atoms with van der Waals surface area (Å²) in [7, 11) is 4.03. The van der Waals surface area contributed by atoms with E-state index >= 15 is 0 Å². The van der Waals surface area contributed by atoms with Gasteiger partial charge in [-0.2, -0.15) is 0 Å². The van der Waals surface area contributed by atoms with Crippen LogP contribution in [0.2, 0.25) is 0 Å². The Kier molecular flexibility index (Phi) is 4.08. The summed E-state index contributed by atoms with van der Waals surface area (Å²) in [4.78, 5) is 6.44. The van der Waals surface area contributed by atoms with Crippen LogP contribution in [0.3, 0.4) is 0 Å². The van der Waals surface area contributed by atoms with Crippen molar-refractivity contribution in [3.8, 4) is 0 Å². The molecule has 5 heteroatoms. The van der Waals surface area contributed by atoms with Crippen LogP contribution < -0.4 is 0 Å². The lowest BCUT2D eigenvalue weighted by Crippen LogP contribution is -2.67. The van der Waals surface area contributed by atoms with Crippen LogP contribution in [0.1, 0.15) is 51.0 Å². The maximum atomic E-state index is 11.5. The fraction of sp³-hybridized carbons (Fsp3) is 0.581. The molecule has 2 aliphatic heterocycles. The lowest BCUT2D eigenvalue weighted by atomic mass is 9.57. The molecule has 9 atom stereocenters. The number of nitrogens with zero attached hydrogens (tertiary/aromatic N) is 2. The number of likely N-dealkylation sites (N-methyl/N-ethyl adjacent to an activating group) is 1. The molecule has 188 valence electrons. The van der Waals surface area contributed by atoms with Crippen LogP contribution >= 0.6 is 0 Å². The number of aliphatic hydroxyl groups is 2. The van der Waals surface area contributed by atoms with Crippen LogP contribution in [0.4, 0.5) is 0 Å². The second-order valence-corrected chi connectivity index (χ2v) is 13.0. The Bertz CT molecular complexity index is 1360. The number of pyridine rings is 1. The number of allylic oxidation sites excluding steroid dienone is 3. The highest BCUT2D eigenvalue weighted by molar-refractivity contribution is 5.95. The number of hydrogen-bond acceptors (Lipinski definition) is 5. The van der Waals surface area contributed by atoms with E-state index in [4.69, 9.17) is 4.74 Å². The topological polar surface area (TPSA) is 65.8 Å². The highest BCUT2D eigenvalue weighted by atomic mass is 16.5. The Hall–Kier alpha value is -2.05. The molecule has 1 aromatic carbocycles. The van der Waals surface area contributed by atoms with Gasteiger partial charge in [0.15, 0.2) is 0 Å². The molecular formula is C31H36N2O3. The average Bonchev–Trinajstić information content (AvgIpc) is 3.40. The van der Waals surface area contributed by atoms with Crippen molar-refractivity contribution in [3.63, 3.8) is 0 Å². The van der Waals surface area contributed by atoms with Crippen molar-refractivity contribution in [1.82, 2.24) is 9.88 Å². The summed E-state index contributed by atoms with van der Waals surface area (Å²) in [5, 5.41) is 25.1. The van der Waals surface area contributed by atoms with Crippen molar-refractivity contribution >= 4 is 16.3 Å². The van der Waals surface area contributed by atoms with Crippen LogP contribution in [-0.2, 0) is 4.74 Å². The predicted octanol–water partition coefficient (Wildman–Crippen LogP) is 4.34. The van der Waals surface area contributed by atoms with Gasteiger partial charge in [-0.1, -0.05) is 37.3 Å². The first-order valence-electron chi connectivity index (χ1n) is 13.7. The molecule has 36 heavy (non-hydrogen) atoms. The molecule has 5 nitrogen and oxygen atoms in total. The molecule has 0 amide bonds. The fourth-order valence-corrected chi connectivity index (χ4v) is 9.96. The van der Waals surface area contributed by atoms with E-state index in [1.807, 2.05) is 26.5 Å². The summed E-state index contributed by atoms with van der Waals surface area (Å²) in [5.74, 6) is 0.746. The third kappa shape index (κ3) is 2.28. The summed E-state index contributed by atoms with van der Waals surface area (Å²) in [6, 6.07) is 8.67. The normalized spacial score (nSPS) is 48.1. The fourth-order valence-electron chi connectivity index (χ4n) is 9.96. The molecule has 9 unspecified atom stereocenters. The number of aliphatic hydroxyl groups excluding tert-OH is 2. The number of hydrogen-bond donors (Lipinski definition) is 2. The number of ether oxygens (including phenoxy) is 1. The van der Waals surface area contributed by atoms with Gasteiger partial charge in [-0.25, -0.2) is 0 Å². The molecular weight excluding hydrogens is 448 g/mol. The zero-order valence-corrected chi connectivity index (χ0v) is 21.4. The number of rotatable bonds is 2. The molecule has 3 heterocycles. The lowest BCUT2D eigenvalue weighted by Gasteiger charge is -2.59. The molecule has 2 aromatic rings. The van der Waals surface area contributed by atoms with Gasteiger partial charge in [0.1, 0.15) is 0 Å². The Morgan fingerprint density at radius 1 is 1.08 bits per heavy atom. The van der Waals surface area contributed by atoms with Crippen LogP contribution in [0.25, 0.3) is 16.3 Å². The maximum Gasteiger partial charge on any atom is 0.0961 e. The number of fused-ring (bicyclic) bond motifs is 3. The molecule has 1 aromatic heterocycles. The van der Waals surface area contributed by atoms with E-state index in [1.165, 1.54) is 27.5 Å². The Balaban J connectivity index is 1.24. The summed E-state index contributed by atoms with van der Waals surface area (Å²) >= 11 is 0. The Morgan fingerprint density at radius 3 is 2.78 bits per heavy atom. The molecule has 4 fully saturated rings. The number of benzene rings is 1. The summed E-state index contributed by atoms with van der Waals surface area (Å²) < 4.78 is 7.47. The largest absolute Gasteiger partial charge is 0.390 e. The van der Waals surface area contributed by atoms with Gasteiger partial charge in [-0.05, 0) is 86.7 Å². The van der Waals surface area contributed by atoms with E-state index in [9.17, 15) is 10.2 Å². The van der Waals surface area contributed by atoms with E-state index in [0.717, 1.165) is 38.5 Å². The van der Waals surface area contributed by atoms with Crippen molar-refractivity contribution in [3.05, 3.63) is 59.9 Å². The summed E-state index contributed by atoms with van der Waals surface area (Å²) in [6.45, 7) is 2.46. The van der Waals surface area contributed by atoms with E-state index in [1.54, 1.807) is 0 Å². The first-order valence-corrected chi connectivity index (χ1v) is 13.7. The van der Waals surface area contributed by atoms with Gasteiger partial charge in [-0.15, -0.1) is 0 Å². The van der Waals surface area contributed by atoms with Gasteiger partial charge < -0.3 is 19.8 Å². The monoisotopic (exact) mass is 484 g/mol. The van der Waals surface area contributed by atoms with Crippen molar-refractivity contribution in [2.75, 3.05) is 14.1 Å². The third-order valence-electron chi connectivity index (χ3n) is 11.7. The standard InChI is InChI=1S/C31H36N2O3/c1-28-11-9-22-23-15-30(23)27(35)26(34)24(33(2)3)16-29(30)12-13-31(22,36-29)25(28)8-7-21(28)20-6-4-5-18-17-32-14-10-19(18)20/h4-7,9-10,14,17,23-27,34-35H,8,11-13,15-16H2,1-3H3. The molecule has 2 bridgehead atoms. The predicted molar refractivity (Wildman–Crippen MR) is 139 cm³/mol. The van der Waals surface area contributed by atoms with Gasteiger partial charge in [0.25, 0.3) is 0 Å². The van der Waals surface area contributed by atoms with Crippen LogP contribution in [0.5, 0.6) is 0 Å². The second-order valence-electron chi connectivity index (χ2n) is 13.0. The summed E-state index contributed by atoms with van der Waals surface area (Å²) in [5.41, 5.74) is 3.35. The van der Waals surface area contributed by atoms with Gasteiger partial charge in [0.2, 0.25) is 0 Å². The van der Waals surface area contributed by atoms with Crippen LogP contribution in [-0.4, -0.2) is 63.6 Å². The molecule has 6 aliphatic rings. The van der Waals surface area contributed by atoms with Crippen molar-refractivity contribution < 1.29 is 14.9 Å². The van der Waals surface area contributed by atoms with E-state index in [0.29, 0.717) is 11.8 Å². The Morgan fingerprint density at radius 2 is 1.94 bits per heavy atom. The maximum absolute atomic E-state index is 11.5. The van der Waals surface area contributed by atoms with Crippen LogP contribution in [0.15, 0.2) is 54.4 Å². The third-order valence-corrected chi connectivity index (χ3v) is 11.7. The van der Waals surface area contributed by atoms with E-state index in [2.05, 4.69) is 53.2 Å². The van der Waals surface area contributed by atoms with Crippen molar-refractivity contribution in [1.29, 1.82) is 0 Å². The van der Waals surface area contributed by atoms with Gasteiger partial charge in [-0.3, -0.25) is 4.98 Å². The first kappa shape index (κ1) is 22.0. The Labute approximate surface area is 212 Å². The molecule has 4 aliphatic carbocycles. The minimum absolute atomic E-state index is 0.00915. The molecule has 2 saturated carbocycles.